The number of benzene rings is 1. The van der Waals surface area contributed by atoms with Crippen molar-refractivity contribution in [3.63, 3.8) is 0 Å². The number of nitrogens with one attached hydrogen (secondary N) is 1. The molecule has 1 aromatic heterocycles. The van der Waals surface area contributed by atoms with Gasteiger partial charge >= 0.3 is 0 Å². The summed E-state index contributed by atoms with van der Waals surface area (Å²) in [6.07, 6.45) is 5.48. The van der Waals surface area contributed by atoms with Gasteiger partial charge in [-0.2, -0.15) is 0 Å². The molecule has 0 aliphatic heterocycles. The molecule has 1 heterocycles. The summed E-state index contributed by atoms with van der Waals surface area (Å²) in [6.45, 7) is 0.00318. The quantitative estimate of drug-likeness (QED) is 0.897. The van der Waals surface area contributed by atoms with Crippen LogP contribution in [0, 0.1) is 5.82 Å². The molecule has 1 fully saturated rings. The maximum absolute atomic E-state index is 12.9. The van der Waals surface area contributed by atoms with E-state index in [-0.39, 0.29) is 17.5 Å². The molecular formula is C14H18FN5O2S. The third kappa shape index (κ3) is 3.73. The zero-order chi connectivity index (χ0) is 16.3. The fraction of sp³-hybridized carbons (Fsp3) is 0.500. The highest BCUT2D eigenvalue weighted by molar-refractivity contribution is 7.89. The Morgan fingerprint density at radius 2 is 1.87 bits per heavy atom. The molecule has 1 aromatic carbocycles. The topological polar surface area (TPSA) is 89.8 Å². The number of halogens is 1. The van der Waals surface area contributed by atoms with E-state index in [2.05, 4.69) is 20.2 Å². The van der Waals surface area contributed by atoms with Gasteiger partial charge in [0, 0.05) is 0 Å². The average molecular weight is 339 g/mol. The monoisotopic (exact) mass is 339 g/mol. The zero-order valence-corrected chi connectivity index (χ0v) is 13.3. The van der Waals surface area contributed by atoms with E-state index in [0.29, 0.717) is 5.82 Å². The maximum atomic E-state index is 12.9. The van der Waals surface area contributed by atoms with Gasteiger partial charge in [0.1, 0.15) is 5.82 Å². The summed E-state index contributed by atoms with van der Waals surface area (Å²) in [6, 6.07) is 4.90. The minimum absolute atomic E-state index is 0.00318. The number of hydrogen-bond acceptors (Lipinski definition) is 5. The summed E-state index contributed by atoms with van der Waals surface area (Å²) < 4.78 is 41.5. The Balaban J connectivity index is 1.71. The first-order valence-electron chi connectivity index (χ1n) is 7.58. The molecule has 0 amide bonds. The third-order valence-corrected chi connectivity index (χ3v) is 5.44. The fourth-order valence-corrected chi connectivity index (χ4v) is 3.77. The Kier molecular flexibility index (Phi) is 4.67. The molecule has 0 spiro atoms. The fourth-order valence-electron chi connectivity index (χ4n) is 2.79. The van der Waals surface area contributed by atoms with Crippen molar-refractivity contribution in [1.82, 2.24) is 24.9 Å². The van der Waals surface area contributed by atoms with Gasteiger partial charge in [-0.25, -0.2) is 22.2 Å². The van der Waals surface area contributed by atoms with Crippen molar-refractivity contribution in [1.29, 1.82) is 0 Å². The number of tetrazole rings is 1. The van der Waals surface area contributed by atoms with Crippen LogP contribution >= 0.6 is 0 Å². The lowest BCUT2D eigenvalue weighted by molar-refractivity contribution is 0.316. The summed E-state index contributed by atoms with van der Waals surface area (Å²) in [5.41, 5.74) is 0. The Bertz CT molecular complexity index is 754. The largest absolute Gasteiger partial charge is 0.240 e. The molecule has 2 aromatic rings. The van der Waals surface area contributed by atoms with Gasteiger partial charge in [0.2, 0.25) is 10.0 Å². The number of hydrogen-bond donors (Lipinski definition) is 1. The smallest absolute Gasteiger partial charge is 0.225 e. The number of aromatic nitrogens is 4. The predicted molar refractivity (Wildman–Crippen MR) is 80.4 cm³/mol. The second-order valence-electron chi connectivity index (χ2n) is 5.61. The van der Waals surface area contributed by atoms with E-state index in [1.165, 1.54) is 18.6 Å². The second-order valence-corrected chi connectivity index (χ2v) is 7.38. The first kappa shape index (κ1) is 16.0. The Morgan fingerprint density at radius 1 is 1.17 bits per heavy atom. The Morgan fingerprint density at radius 3 is 2.57 bits per heavy atom. The SMILES string of the molecule is O=S(=O)(NCc1nnnn1C1CCCCC1)c1ccc(F)cc1. The molecule has 0 bridgehead atoms. The van der Waals surface area contributed by atoms with E-state index in [1.54, 1.807) is 4.68 Å². The van der Waals surface area contributed by atoms with Gasteiger partial charge in [-0.1, -0.05) is 19.3 Å². The average Bonchev–Trinajstić information content (AvgIpc) is 3.03. The lowest BCUT2D eigenvalue weighted by atomic mass is 9.96. The van der Waals surface area contributed by atoms with E-state index in [4.69, 9.17) is 0 Å². The van der Waals surface area contributed by atoms with Crippen molar-refractivity contribution in [3.05, 3.63) is 35.9 Å². The van der Waals surface area contributed by atoms with Crippen molar-refractivity contribution in [2.24, 2.45) is 0 Å². The molecule has 124 valence electrons. The highest BCUT2D eigenvalue weighted by atomic mass is 32.2. The predicted octanol–water partition coefficient (Wildman–Crippen LogP) is 1.80. The van der Waals surface area contributed by atoms with E-state index in [9.17, 15) is 12.8 Å². The minimum Gasteiger partial charge on any atom is -0.225 e. The van der Waals surface area contributed by atoms with Gasteiger partial charge in [0.05, 0.1) is 17.5 Å². The summed E-state index contributed by atoms with van der Waals surface area (Å²) in [7, 11) is -3.73. The van der Waals surface area contributed by atoms with Crippen LogP contribution in [0.3, 0.4) is 0 Å². The van der Waals surface area contributed by atoms with Crippen LogP contribution in [0.5, 0.6) is 0 Å². The third-order valence-electron chi connectivity index (χ3n) is 4.03. The van der Waals surface area contributed by atoms with Gasteiger partial charge in [0.25, 0.3) is 0 Å². The zero-order valence-electron chi connectivity index (χ0n) is 12.5. The highest BCUT2D eigenvalue weighted by Crippen LogP contribution is 2.27. The summed E-state index contributed by atoms with van der Waals surface area (Å²) in [5.74, 6) is 0.00720. The lowest BCUT2D eigenvalue weighted by Crippen LogP contribution is -2.26. The van der Waals surface area contributed by atoms with E-state index in [1.807, 2.05) is 0 Å². The second kappa shape index (κ2) is 6.71. The number of sulfonamides is 1. The normalized spacial score (nSPS) is 16.6. The summed E-state index contributed by atoms with van der Waals surface area (Å²) in [4.78, 5) is 0.00981. The van der Waals surface area contributed by atoms with Crippen LogP contribution in [0.1, 0.15) is 44.0 Å². The maximum Gasteiger partial charge on any atom is 0.240 e. The van der Waals surface area contributed by atoms with Crippen LogP contribution in [0.2, 0.25) is 0 Å². The van der Waals surface area contributed by atoms with E-state index < -0.39 is 15.8 Å². The molecule has 9 heteroatoms. The van der Waals surface area contributed by atoms with Gasteiger partial charge in [-0.15, -0.1) is 5.10 Å². The van der Waals surface area contributed by atoms with Crippen LogP contribution < -0.4 is 4.72 Å². The summed E-state index contributed by atoms with van der Waals surface area (Å²) >= 11 is 0. The first-order valence-corrected chi connectivity index (χ1v) is 9.06. The molecule has 1 aliphatic carbocycles. The van der Waals surface area contributed by atoms with Gasteiger partial charge in [-0.05, 0) is 47.5 Å². The molecule has 1 N–H and O–H groups in total. The minimum atomic E-state index is -3.73. The van der Waals surface area contributed by atoms with Crippen molar-refractivity contribution in [2.75, 3.05) is 0 Å². The van der Waals surface area contributed by atoms with E-state index in [0.717, 1.165) is 37.8 Å². The Labute approximate surface area is 133 Å². The van der Waals surface area contributed by atoms with Gasteiger partial charge in [-0.3, -0.25) is 0 Å². The van der Waals surface area contributed by atoms with Crippen molar-refractivity contribution in [2.45, 2.75) is 49.6 Å². The molecule has 1 saturated carbocycles. The lowest BCUT2D eigenvalue weighted by Gasteiger charge is -2.22. The van der Waals surface area contributed by atoms with Crippen molar-refractivity contribution in [3.8, 4) is 0 Å². The van der Waals surface area contributed by atoms with Crippen LogP contribution in [0.15, 0.2) is 29.2 Å². The molecule has 0 unspecified atom stereocenters. The molecule has 23 heavy (non-hydrogen) atoms. The molecule has 1 aliphatic rings. The highest BCUT2D eigenvalue weighted by Gasteiger charge is 2.21. The first-order chi connectivity index (χ1) is 11.1. The Hall–Kier alpha value is -1.87. The van der Waals surface area contributed by atoms with E-state index >= 15 is 0 Å². The number of nitrogens with zero attached hydrogens (tertiary/aromatic N) is 4. The molecule has 0 atom stereocenters. The van der Waals surface area contributed by atoms with Crippen LogP contribution in [0.4, 0.5) is 4.39 Å². The van der Waals surface area contributed by atoms with Crippen molar-refractivity contribution < 1.29 is 12.8 Å². The van der Waals surface area contributed by atoms with Crippen molar-refractivity contribution >= 4 is 10.0 Å². The standard InChI is InChI=1S/C14H18FN5O2S/c15-11-6-8-13(9-7-11)23(21,22)16-10-14-17-18-19-20(14)12-4-2-1-3-5-12/h6-9,12,16H,1-5,10H2. The van der Waals surface area contributed by atoms with Gasteiger partial charge < -0.3 is 0 Å². The van der Waals surface area contributed by atoms with Crippen LogP contribution in [0.25, 0.3) is 0 Å². The molecule has 3 rings (SSSR count). The van der Waals surface area contributed by atoms with Crippen LogP contribution in [-0.4, -0.2) is 28.6 Å². The molecular weight excluding hydrogens is 321 g/mol. The molecule has 7 nitrogen and oxygen atoms in total. The summed E-state index contributed by atoms with van der Waals surface area (Å²) in [5, 5.41) is 11.6. The van der Waals surface area contributed by atoms with Gasteiger partial charge in [0.15, 0.2) is 5.82 Å². The molecule has 0 saturated heterocycles. The molecule has 0 radical (unpaired) electrons. The van der Waals surface area contributed by atoms with Crippen LogP contribution in [-0.2, 0) is 16.6 Å². The number of rotatable bonds is 5.